The van der Waals surface area contributed by atoms with Crippen molar-refractivity contribution in [2.24, 2.45) is 0 Å². The van der Waals surface area contributed by atoms with Gasteiger partial charge in [0.1, 0.15) is 5.82 Å². The number of H-pyrrole nitrogens is 1. The van der Waals surface area contributed by atoms with E-state index < -0.39 is 5.76 Å². The van der Waals surface area contributed by atoms with Crippen molar-refractivity contribution < 1.29 is 5.95 Å². The summed E-state index contributed by atoms with van der Waals surface area (Å²) >= 11 is 0. The van der Waals surface area contributed by atoms with Gasteiger partial charge < -0.3 is 0 Å². The number of aromatic nitrogens is 2. The molecule has 0 saturated heterocycles. The molecule has 1 rings (SSSR count). The summed E-state index contributed by atoms with van der Waals surface area (Å²) in [7, 11) is 0. The topological polar surface area (TPSA) is 58.9 Å². The van der Waals surface area contributed by atoms with Gasteiger partial charge in [-0.25, -0.2) is 4.79 Å². The van der Waals surface area contributed by atoms with Crippen molar-refractivity contribution in [3.05, 3.63) is 16.4 Å². The first kappa shape index (κ1) is 8.94. The molecule has 60 valence electrons. The molecule has 0 aliphatic rings. The summed E-state index contributed by atoms with van der Waals surface area (Å²) in [4.78, 5) is 12.3. The van der Waals surface area contributed by atoms with Crippen LogP contribution in [0.2, 0.25) is 0 Å². The van der Waals surface area contributed by atoms with E-state index in [0.29, 0.717) is 5.82 Å². The van der Waals surface area contributed by atoms with Gasteiger partial charge in [0.05, 0.1) is 0 Å². The molecule has 0 aromatic carbocycles. The zero-order chi connectivity index (χ0) is 7.98. The van der Waals surface area contributed by atoms with E-state index in [9.17, 15) is 4.79 Å². The van der Waals surface area contributed by atoms with Gasteiger partial charge in [-0.1, -0.05) is 25.4 Å². The first-order valence-corrected chi connectivity index (χ1v) is 3.23. The second kappa shape index (κ2) is 4.78. The Morgan fingerprint density at radius 1 is 1.70 bits per heavy atom. The van der Waals surface area contributed by atoms with Crippen LogP contribution in [0.1, 0.15) is 27.5 Å². The molecule has 0 radical (unpaired) electrons. The number of nitrogens with zero attached hydrogens (tertiary/aromatic N) is 1. The predicted molar refractivity (Wildman–Crippen MR) is 39.9 cm³/mol. The molecule has 0 spiro atoms. The lowest BCUT2D eigenvalue weighted by Gasteiger charge is -1.62. The molecule has 1 aromatic heterocycles. The van der Waals surface area contributed by atoms with Gasteiger partial charge in [-0.3, -0.25) is 9.51 Å². The Kier molecular flexibility index (Phi) is 4.28. The summed E-state index contributed by atoms with van der Waals surface area (Å²) in [5, 5.41) is 3.27. The average Bonchev–Trinajstić information content (AvgIpc) is 2.17. The van der Waals surface area contributed by atoms with Crippen LogP contribution in [0.25, 0.3) is 0 Å². The SMILES string of the molecule is CCC.Cc1noc(=O)[nH]1.[HH]. The van der Waals surface area contributed by atoms with Gasteiger partial charge in [0.15, 0.2) is 0 Å². The first-order valence-electron chi connectivity index (χ1n) is 3.23. The van der Waals surface area contributed by atoms with Gasteiger partial charge in [0.25, 0.3) is 0 Å². The van der Waals surface area contributed by atoms with E-state index in [1.807, 2.05) is 0 Å². The molecule has 0 aliphatic heterocycles. The lowest BCUT2D eigenvalue weighted by molar-refractivity contribution is 0.383. The smallest absolute Gasteiger partial charge is 0.296 e. The van der Waals surface area contributed by atoms with Crippen LogP contribution in [0.3, 0.4) is 0 Å². The number of rotatable bonds is 0. The molecule has 0 bridgehead atoms. The Morgan fingerprint density at radius 2 is 2.20 bits per heavy atom. The molecule has 4 nitrogen and oxygen atoms in total. The highest BCUT2D eigenvalue weighted by Crippen LogP contribution is 1.72. The minimum atomic E-state index is -0.502. The van der Waals surface area contributed by atoms with Crippen LogP contribution >= 0.6 is 0 Å². The highest BCUT2D eigenvalue weighted by Gasteiger charge is 1.86. The van der Waals surface area contributed by atoms with Crippen molar-refractivity contribution in [3.63, 3.8) is 0 Å². The molecule has 0 aliphatic carbocycles. The summed E-state index contributed by atoms with van der Waals surface area (Å²) in [5.74, 6) is 0.00231. The standard InChI is InChI=1S/C3H4N2O2.C3H8.H2/c1-2-4-3(6)7-5-2;1-3-2;/h1H3,(H,4,5,6);3H2,1-2H3;1H. The summed E-state index contributed by atoms with van der Waals surface area (Å²) in [6.07, 6.45) is 1.25. The van der Waals surface area contributed by atoms with Gasteiger partial charge in [0, 0.05) is 1.43 Å². The van der Waals surface area contributed by atoms with Crippen LogP contribution in [-0.2, 0) is 0 Å². The van der Waals surface area contributed by atoms with E-state index in [1.165, 1.54) is 6.42 Å². The molecular formula is C6H14N2O2. The molecule has 0 amide bonds. The van der Waals surface area contributed by atoms with E-state index in [0.717, 1.165) is 0 Å². The van der Waals surface area contributed by atoms with Crippen molar-refractivity contribution >= 4 is 0 Å². The van der Waals surface area contributed by atoms with Crippen molar-refractivity contribution in [3.8, 4) is 0 Å². The molecule has 0 atom stereocenters. The number of hydrogen-bond donors (Lipinski definition) is 1. The monoisotopic (exact) mass is 146 g/mol. The quantitative estimate of drug-likeness (QED) is 0.600. The summed E-state index contributed by atoms with van der Waals surface area (Å²) in [6, 6.07) is 0. The van der Waals surface area contributed by atoms with E-state index in [-0.39, 0.29) is 1.43 Å². The fraction of sp³-hybridized carbons (Fsp3) is 0.667. The largest absolute Gasteiger partial charge is 0.438 e. The van der Waals surface area contributed by atoms with Crippen LogP contribution in [0.15, 0.2) is 9.32 Å². The van der Waals surface area contributed by atoms with E-state index in [1.54, 1.807) is 6.92 Å². The molecule has 0 saturated carbocycles. The third kappa shape index (κ3) is 3.88. The molecule has 1 heterocycles. The fourth-order valence-electron chi connectivity index (χ4n) is 0.303. The number of nitrogens with one attached hydrogen (secondary N) is 1. The number of aryl methyl sites for hydroxylation is 1. The zero-order valence-corrected chi connectivity index (χ0v) is 6.47. The zero-order valence-electron chi connectivity index (χ0n) is 6.47. The van der Waals surface area contributed by atoms with E-state index in [4.69, 9.17) is 0 Å². The van der Waals surface area contributed by atoms with Gasteiger partial charge in [0.2, 0.25) is 0 Å². The van der Waals surface area contributed by atoms with Crippen molar-refractivity contribution in [2.45, 2.75) is 27.2 Å². The minimum absolute atomic E-state index is 0. The van der Waals surface area contributed by atoms with Gasteiger partial charge in [-0.15, -0.1) is 0 Å². The highest BCUT2D eigenvalue weighted by atomic mass is 16.5. The second-order valence-corrected chi connectivity index (χ2v) is 1.89. The van der Waals surface area contributed by atoms with Gasteiger partial charge in [-0.05, 0) is 6.92 Å². The van der Waals surface area contributed by atoms with Crippen LogP contribution < -0.4 is 5.76 Å². The summed E-state index contributed by atoms with van der Waals surface area (Å²) in [5.41, 5.74) is 0. The Morgan fingerprint density at radius 3 is 2.30 bits per heavy atom. The van der Waals surface area contributed by atoms with Gasteiger partial charge in [-0.2, -0.15) is 0 Å². The van der Waals surface area contributed by atoms with Crippen LogP contribution in [0.5, 0.6) is 0 Å². The maximum Gasteiger partial charge on any atom is 0.438 e. The molecule has 1 N–H and O–H groups in total. The fourth-order valence-corrected chi connectivity index (χ4v) is 0.303. The predicted octanol–water partition coefficient (Wildman–Crippen LogP) is 1.33. The first-order chi connectivity index (χ1) is 4.70. The number of hydrogen-bond acceptors (Lipinski definition) is 3. The minimum Gasteiger partial charge on any atom is -0.296 e. The van der Waals surface area contributed by atoms with Crippen molar-refractivity contribution in [2.75, 3.05) is 0 Å². The normalized spacial score (nSPS) is 8.30. The van der Waals surface area contributed by atoms with E-state index in [2.05, 4.69) is 28.5 Å². The number of aromatic amines is 1. The Bertz CT molecular complexity index is 218. The highest BCUT2D eigenvalue weighted by molar-refractivity contribution is 4.68. The second-order valence-electron chi connectivity index (χ2n) is 1.89. The Labute approximate surface area is 60.7 Å². The molecule has 0 fully saturated rings. The molecule has 10 heavy (non-hydrogen) atoms. The summed E-state index contributed by atoms with van der Waals surface area (Å²) in [6.45, 7) is 5.89. The maximum atomic E-state index is 10.0. The lowest BCUT2D eigenvalue weighted by atomic mass is 10.6. The summed E-state index contributed by atoms with van der Waals surface area (Å²) < 4.78 is 4.10. The average molecular weight is 146 g/mol. The van der Waals surface area contributed by atoms with Crippen molar-refractivity contribution in [1.29, 1.82) is 0 Å². The lowest BCUT2D eigenvalue weighted by Crippen LogP contribution is -1.93. The molecule has 0 unspecified atom stereocenters. The molecular weight excluding hydrogens is 132 g/mol. The third-order valence-electron chi connectivity index (χ3n) is 0.548. The Balaban J connectivity index is 0. The van der Waals surface area contributed by atoms with Crippen LogP contribution in [0.4, 0.5) is 0 Å². The third-order valence-corrected chi connectivity index (χ3v) is 0.548. The van der Waals surface area contributed by atoms with E-state index >= 15 is 0 Å². The van der Waals surface area contributed by atoms with Crippen LogP contribution in [0, 0.1) is 6.92 Å². The molecule has 1 aromatic rings. The van der Waals surface area contributed by atoms with Crippen molar-refractivity contribution in [1.82, 2.24) is 10.1 Å². The maximum absolute atomic E-state index is 10.0. The van der Waals surface area contributed by atoms with Gasteiger partial charge >= 0.3 is 5.76 Å². The molecule has 4 heteroatoms. The Hall–Kier alpha value is -1.06. The van der Waals surface area contributed by atoms with Crippen LogP contribution in [-0.4, -0.2) is 10.1 Å².